The molecule has 6 heteroatoms. The van der Waals surface area contributed by atoms with Gasteiger partial charge in [-0.1, -0.05) is 6.07 Å². The van der Waals surface area contributed by atoms with Crippen LogP contribution in [0.4, 0.5) is 4.39 Å². The van der Waals surface area contributed by atoms with Gasteiger partial charge in [-0.3, -0.25) is 0 Å². The van der Waals surface area contributed by atoms with Crippen molar-refractivity contribution in [3.63, 3.8) is 0 Å². The van der Waals surface area contributed by atoms with Gasteiger partial charge in [0.05, 0.1) is 10.9 Å². The van der Waals surface area contributed by atoms with Crippen molar-refractivity contribution in [1.82, 2.24) is 4.57 Å². The summed E-state index contributed by atoms with van der Waals surface area (Å²) in [6.07, 6.45) is 1.31. The van der Waals surface area contributed by atoms with E-state index in [1.54, 1.807) is 13.1 Å². The maximum Gasteiger partial charge on any atom is 0.240 e. The van der Waals surface area contributed by atoms with Crippen molar-refractivity contribution in [2.75, 3.05) is 0 Å². The number of nitrogens with two attached hydrogens (primary N) is 1. The molecule has 1 heterocycles. The van der Waals surface area contributed by atoms with Crippen molar-refractivity contribution in [2.24, 2.45) is 12.2 Å². The van der Waals surface area contributed by atoms with E-state index in [1.807, 2.05) is 0 Å². The van der Waals surface area contributed by atoms with Crippen molar-refractivity contribution >= 4 is 20.9 Å². The Labute approximate surface area is 86.2 Å². The zero-order chi connectivity index (χ0) is 11.2. The molecule has 80 valence electrons. The number of halogens is 1. The molecule has 0 unspecified atom stereocenters. The van der Waals surface area contributed by atoms with E-state index in [4.69, 9.17) is 5.14 Å². The average Bonchev–Trinajstić information content (AvgIpc) is 2.45. The fourth-order valence-electron chi connectivity index (χ4n) is 1.58. The second kappa shape index (κ2) is 3.04. The third-order valence-electron chi connectivity index (χ3n) is 2.24. The predicted molar refractivity (Wildman–Crippen MR) is 54.3 cm³/mol. The maximum atomic E-state index is 13.5. The Hall–Kier alpha value is -1.40. The minimum atomic E-state index is -3.89. The van der Waals surface area contributed by atoms with E-state index in [2.05, 4.69) is 0 Å². The van der Waals surface area contributed by atoms with Gasteiger partial charge in [0, 0.05) is 13.2 Å². The number of sulfonamides is 1. The van der Waals surface area contributed by atoms with Gasteiger partial charge in [0.1, 0.15) is 10.7 Å². The normalized spacial score (nSPS) is 12.2. The molecule has 2 rings (SSSR count). The lowest BCUT2D eigenvalue weighted by molar-refractivity contribution is 0.596. The molecule has 15 heavy (non-hydrogen) atoms. The van der Waals surface area contributed by atoms with E-state index in [9.17, 15) is 12.8 Å². The van der Waals surface area contributed by atoms with Gasteiger partial charge in [0.25, 0.3) is 0 Å². The molecular formula is C9H9FN2O2S. The van der Waals surface area contributed by atoms with Crippen molar-refractivity contribution in [1.29, 1.82) is 0 Å². The van der Waals surface area contributed by atoms with Gasteiger partial charge < -0.3 is 4.57 Å². The number of aromatic nitrogens is 1. The van der Waals surface area contributed by atoms with E-state index in [0.717, 1.165) is 0 Å². The van der Waals surface area contributed by atoms with E-state index < -0.39 is 15.8 Å². The zero-order valence-corrected chi connectivity index (χ0v) is 8.75. The summed E-state index contributed by atoms with van der Waals surface area (Å²) in [5, 5.41) is 5.04. The summed E-state index contributed by atoms with van der Waals surface area (Å²) in [5.41, 5.74) is 0.499. The molecule has 4 nitrogen and oxygen atoms in total. The smallest absolute Gasteiger partial charge is 0.240 e. The van der Waals surface area contributed by atoms with Crippen LogP contribution >= 0.6 is 0 Å². The van der Waals surface area contributed by atoms with Crippen molar-refractivity contribution in [3.05, 3.63) is 30.2 Å². The molecule has 0 saturated heterocycles. The summed E-state index contributed by atoms with van der Waals surface area (Å²) in [6.45, 7) is 0. The Morgan fingerprint density at radius 1 is 1.40 bits per heavy atom. The number of benzene rings is 1. The Morgan fingerprint density at radius 3 is 2.67 bits per heavy atom. The summed E-state index contributed by atoms with van der Waals surface area (Å²) < 4.78 is 37.4. The molecular weight excluding hydrogens is 219 g/mol. The summed E-state index contributed by atoms with van der Waals surface area (Å²) in [7, 11) is -2.26. The molecule has 1 aromatic heterocycles. The van der Waals surface area contributed by atoms with Crippen molar-refractivity contribution < 1.29 is 12.8 Å². The molecule has 2 aromatic rings. The quantitative estimate of drug-likeness (QED) is 0.790. The summed E-state index contributed by atoms with van der Waals surface area (Å²) >= 11 is 0. The Morgan fingerprint density at radius 2 is 2.07 bits per heavy atom. The fraction of sp³-hybridized carbons (Fsp3) is 0.111. The van der Waals surface area contributed by atoms with E-state index in [1.165, 1.54) is 22.9 Å². The fourth-order valence-corrected chi connectivity index (χ4v) is 2.37. The third kappa shape index (κ3) is 1.51. The number of rotatable bonds is 1. The highest BCUT2D eigenvalue weighted by atomic mass is 32.2. The van der Waals surface area contributed by atoms with Gasteiger partial charge in [-0.15, -0.1) is 0 Å². The van der Waals surface area contributed by atoms with Gasteiger partial charge in [0.2, 0.25) is 10.0 Å². The van der Waals surface area contributed by atoms with Gasteiger partial charge in [-0.2, -0.15) is 0 Å². The standard InChI is InChI=1S/C9H9FN2O2S/c1-12-5-8(15(11,13)14)9-6(10)3-2-4-7(9)12/h2-5H,1H3,(H2,11,13,14). The first-order valence-electron chi connectivity index (χ1n) is 4.17. The van der Waals surface area contributed by atoms with Crippen LogP contribution < -0.4 is 5.14 Å². The molecule has 0 bridgehead atoms. The Balaban J connectivity index is 3.01. The molecule has 0 atom stereocenters. The highest BCUT2D eigenvalue weighted by molar-refractivity contribution is 7.89. The number of fused-ring (bicyclic) bond motifs is 1. The van der Waals surface area contributed by atoms with Gasteiger partial charge in [-0.25, -0.2) is 17.9 Å². The van der Waals surface area contributed by atoms with Gasteiger partial charge in [0.15, 0.2) is 0 Å². The molecule has 0 aliphatic heterocycles. The molecule has 1 aromatic carbocycles. The number of nitrogens with zero attached hydrogens (tertiary/aromatic N) is 1. The molecule has 2 N–H and O–H groups in total. The number of aryl methyl sites for hydroxylation is 1. The number of hydrogen-bond acceptors (Lipinski definition) is 2. The van der Waals surface area contributed by atoms with Crippen LogP contribution in [0.1, 0.15) is 0 Å². The monoisotopic (exact) mass is 228 g/mol. The van der Waals surface area contributed by atoms with Crippen LogP contribution in [0.5, 0.6) is 0 Å². The Kier molecular flexibility index (Phi) is 2.06. The maximum absolute atomic E-state index is 13.5. The molecule has 0 aliphatic rings. The Bertz CT molecular complexity index is 631. The van der Waals surface area contributed by atoms with Crippen molar-refractivity contribution in [2.45, 2.75) is 4.90 Å². The first-order valence-corrected chi connectivity index (χ1v) is 5.72. The molecule has 0 aliphatic carbocycles. The van der Waals surface area contributed by atoms with E-state index >= 15 is 0 Å². The van der Waals surface area contributed by atoms with Crippen LogP contribution in [0.25, 0.3) is 10.9 Å². The second-order valence-electron chi connectivity index (χ2n) is 3.28. The van der Waals surface area contributed by atoms with Crippen LogP contribution in [-0.2, 0) is 17.1 Å². The third-order valence-corrected chi connectivity index (χ3v) is 3.16. The summed E-state index contributed by atoms with van der Waals surface area (Å²) in [5.74, 6) is -0.586. The van der Waals surface area contributed by atoms with Crippen LogP contribution in [0.2, 0.25) is 0 Å². The van der Waals surface area contributed by atoms with Crippen LogP contribution in [0.3, 0.4) is 0 Å². The zero-order valence-electron chi connectivity index (χ0n) is 7.94. The van der Waals surface area contributed by atoms with Crippen LogP contribution in [-0.4, -0.2) is 13.0 Å². The lowest BCUT2D eigenvalue weighted by Gasteiger charge is -1.96. The molecule has 0 spiro atoms. The summed E-state index contributed by atoms with van der Waals surface area (Å²) in [6, 6.07) is 4.36. The lowest BCUT2D eigenvalue weighted by atomic mass is 10.2. The van der Waals surface area contributed by atoms with Crippen LogP contribution in [0, 0.1) is 5.82 Å². The molecule has 0 fully saturated rings. The largest absolute Gasteiger partial charge is 0.349 e. The number of hydrogen-bond donors (Lipinski definition) is 1. The minimum absolute atomic E-state index is 0.0440. The predicted octanol–water partition coefficient (Wildman–Crippen LogP) is 0.965. The summed E-state index contributed by atoms with van der Waals surface area (Å²) in [4.78, 5) is -0.182. The lowest BCUT2D eigenvalue weighted by Crippen LogP contribution is -2.11. The van der Waals surface area contributed by atoms with Gasteiger partial charge >= 0.3 is 0 Å². The second-order valence-corrected chi connectivity index (χ2v) is 4.81. The van der Waals surface area contributed by atoms with E-state index in [0.29, 0.717) is 5.52 Å². The highest BCUT2D eigenvalue weighted by Crippen LogP contribution is 2.26. The highest BCUT2D eigenvalue weighted by Gasteiger charge is 2.18. The van der Waals surface area contributed by atoms with Crippen LogP contribution in [0.15, 0.2) is 29.3 Å². The topological polar surface area (TPSA) is 65.1 Å². The van der Waals surface area contributed by atoms with Crippen molar-refractivity contribution in [3.8, 4) is 0 Å². The molecule has 0 radical (unpaired) electrons. The number of primary sulfonamides is 1. The average molecular weight is 228 g/mol. The van der Waals surface area contributed by atoms with E-state index in [-0.39, 0.29) is 10.3 Å². The first-order chi connectivity index (χ1) is 6.91. The molecule has 0 saturated carbocycles. The minimum Gasteiger partial charge on any atom is -0.349 e. The SMILES string of the molecule is Cn1cc(S(N)(=O)=O)c2c(F)cccc21. The van der Waals surface area contributed by atoms with Gasteiger partial charge in [-0.05, 0) is 12.1 Å². The molecule has 0 amide bonds. The first kappa shape index (κ1) is 10.1.